The van der Waals surface area contributed by atoms with Crippen molar-refractivity contribution >= 4 is 41.1 Å². The molecule has 0 heterocycles. The van der Waals surface area contributed by atoms with Crippen molar-refractivity contribution in [2.75, 3.05) is 13.2 Å². The minimum atomic E-state index is -0.368. The van der Waals surface area contributed by atoms with Crippen molar-refractivity contribution in [2.24, 2.45) is 20.7 Å². The minimum absolute atomic E-state index is 0.348. The number of rotatable bonds is 10. The van der Waals surface area contributed by atoms with E-state index in [1.54, 1.807) is 19.2 Å². The van der Waals surface area contributed by atoms with E-state index in [1.807, 2.05) is 49.4 Å². The largest absolute Gasteiger partial charge is 0.463 e. The van der Waals surface area contributed by atoms with Gasteiger partial charge in [0.1, 0.15) is 5.84 Å². The lowest BCUT2D eigenvalue weighted by Gasteiger charge is -2.04. The van der Waals surface area contributed by atoms with Gasteiger partial charge in [0.15, 0.2) is 0 Å². The van der Waals surface area contributed by atoms with Crippen molar-refractivity contribution in [3.63, 3.8) is 0 Å². The first-order valence-corrected chi connectivity index (χ1v) is 11.4. The average Bonchev–Trinajstić information content (AvgIpc) is 2.83. The molecule has 0 saturated carbocycles. The normalized spacial score (nSPS) is 13.1. The standard InChI is InChI=1S/C28H34N4O2/c1-5-34-28(33)16-15-24-12-8-13-25(18-24)26(19-29)20-31-23(4)30-17-9-11-22(3)32-27-14-7-6-10-21(27)2/h6-8,10,12-16,18-20H,5,9,11,17,29H2,1-4H3/b16-15+,26-19-,30-23?,31-20?,32-22?. The maximum Gasteiger partial charge on any atom is 0.330 e. The van der Waals surface area contributed by atoms with Crippen LogP contribution in [0.3, 0.4) is 0 Å². The van der Waals surface area contributed by atoms with E-state index < -0.39 is 0 Å². The number of para-hydroxylation sites is 1. The van der Waals surface area contributed by atoms with Crippen molar-refractivity contribution in [1.82, 2.24) is 0 Å². The summed E-state index contributed by atoms with van der Waals surface area (Å²) in [7, 11) is 0. The van der Waals surface area contributed by atoms with E-state index in [1.165, 1.54) is 17.8 Å². The predicted molar refractivity (Wildman–Crippen MR) is 144 cm³/mol. The summed E-state index contributed by atoms with van der Waals surface area (Å²) in [5.41, 5.74) is 11.7. The van der Waals surface area contributed by atoms with Crippen molar-refractivity contribution in [3.05, 3.63) is 77.5 Å². The molecule has 2 rings (SSSR count). The second kappa shape index (κ2) is 14.4. The summed E-state index contributed by atoms with van der Waals surface area (Å²) in [6, 6.07) is 15.8. The molecule has 2 aromatic rings. The van der Waals surface area contributed by atoms with Gasteiger partial charge in [-0.1, -0.05) is 36.4 Å². The molecule has 0 unspecified atom stereocenters. The Hall–Kier alpha value is -3.80. The molecule has 6 heteroatoms. The molecule has 0 saturated heterocycles. The minimum Gasteiger partial charge on any atom is -0.463 e. The van der Waals surface area contributed by atoms with E-state index in [0.29, 0.717) is 19.0 Å². The molecule has 0 spiro atoms. The first-order valence-electron chi connectivity index (χ1n) is 11.4. The number of carbonyl (C=O) groups excluding carboxylic acids is 1. The molecule has 0 amide bonds. The van der Waals surface area contributed by atoms with Gasteiger partial charge in [-0.15, -0.1) is 0 Å². The third-order valence-electron chi connectivity index (χ3n) is 4.95. The van der Waals surface area contributed by atoms with Crippen LogP contribution in [0.5, 0.6) is 0 Å². The van der Waals surface area contributed by atoms with Crippen LogP contribution in [-0.4, -0.2) is 36.9 Å². The van der Waals surface area contributed by atoms with Crippen LogP contribution in [-0.2, 0) is 9.53 Å². The average molecular weight is 459 g/mol. The van der Waals surface area contributed by atoms with Gasteiger partial charge in [0.25, 0.3) is 0 Å². The molecule has 0 fully saturated rings. The highest BCUT2D eigenvalue weighted by atomic mass is 16.5. The Balaban J connectivity index is 1.92. The molecule has 178 valence electrons. The van der Waals surface area contributed by atoms with Gasteiger partial charge in [-0.3, -0.25) is 9.98 Å². The van der Waals surface area contributed by atoms with Crippen molar-refractivity contribution < 1.29 is 9.53 Å². The van der Waals surface area contributed by atoms with Gasteiger partial charge in [0.2, 0.25) is 0 Å². The Morgan fingerprint density at radius 1 is 1.12 bits per heavy atom. The summed E-state index contributed by atoms with van der Waals surface area (Å²) in [5, 5.41) is 0. The number of amidine groups is 1. The molecule has 6 nitrogen and oxygen atoms in total. The second-order valence-corrected chi connectivity index (χ2v) is 7.76. The fraction of sp³-hybridized carbons (Fsp3) is 0.286. The van der Waals surface area contributed by atoms with Crippen LogP contribution in [0, 0.1) is 6.92 Å². The number of aryl methyl sites for hydroxylation is 1. The fourth-order valence-electron chi connectivity index (χ4n) is 3.12. The van der Waals surface area contributed by atoms with E-state index >= 15 is 0 Å². The number of aliphatic imine (C=N–C) groups is 3. The molecule has 0 aliphatic rings. The van der Waals surface area contributed by atoms with Gasteiger partial charge in [0.05, 0.1) is 12.3 Å². The van der Waals surface area contributed by atoms with Gasteiger partial charge in [0, 0.05) is 36.3 Å². The molecule has 0 aliphatic heterocycles. The summed E-state index contributed by atoms with van der Waals surface area (Å²) in [6.07, 6.45) is 8.13. The van der Waals surface area contributed by atoms with Crippen LogP contribution in [0.2, 0.25) is 0 Å². The quantitative estimate of drug-likeness (QED) is 0.157. The Bertz CT molecular complexity index is 1110. The molecular weight excluding hydrogens is 424 g/mol. The van der Waals surface area contributed by atoms with Gasteiger partial charge >= 0.3 is 5.97 Å². The molecular formula is C28H34N4O2. The molecule has 34 heavy (non-hydrogen) atoms. The zero-order valence-electron chi connectivity index (χ0n) is 20.5. The van der Waals surface area contributed by atoms with Crippen LogP contribution in [0.25, 0.3) is 11.6 Å². The maximum absolute atomic E-state index is 11.5. The zero-order chi connectivity index (χ0) is 24.8. The molecule has 0 radical (unpaired) electrons. The number of hydrogen-bond donors (Lipinski definition) is 1. The number of nitrogens with two attached hydrogens (primary N) is 1. The lowest BCUT2D eigenvalue weighted by atomic mass is 10.0. The summed E-state index contributed by atoms with van der Waals surface area (Å²) in [6.45, 7) is 8.80. The Morgan fingerprint density at radius 2 is 1.91 bits per heavy atom. The van der Waals surface area contributed by atoms with Crippen LogP contribution < -0.4 is 5.73 Å². The lowest BCUT2D eigenvalue weighted by molar-refractivity contribution is -0.137. The number of allylic oxidation sites excluding steroid dienone is 1. The second-order valence-electron chi connectivity index (χ2n) is 7.76. The molecule has 0 aliphatic carbocycles. The number of nitrogens with zero attached hydrogens (tertiary/aromatic N) is 3. The summed E-state index contributed by atoms with van der Waals surface area (Å²) in [5.74, 6) is 0.318. The smallest absolute Gasteiger partial charge is 0.330 e. The zero-order valence-corrected chi connectivity index (χ0v) is 20.5. The predicted octanol–water partition coefficient (Wildman–Crippen LogP) is 5.93. The Morgan fingerprint density at radius 3 is 2.65 bits per heavy atom. The van der Waals surface area contributed by atoms with E-state index in [-0.39, 0.29) is 5.97 Å². The monoisotopic (exact) mass is 458 g/mol. The van der Waals surface area contributed by atoms with Crippen molar-refractivity contribution in [2.45, 2.75) is 40.5 Å². The van der Waals surface area contributed by atoms with Crippen molar-refractivity contribution in [3.8, 4) is 0 Å². The number of hydrogen-bond acceptors (Lipinski definition) is 5. The van der Waals surface area contributed by atoms with E-state index in [0.717, 1.165) is 40.9 Å². The summed E-state index contributed by atoms with van der Waals surface area (Å²) >= 11 is 0. The van der Waals surface area contributed by atoms with Crippen LogP contribution in [0.4, 0.5) is 5.69 Å². The number of carbonyl (C=O) groups is 1. The topological polar surface area (TPSA) is 89.4 Å². The maximum atomic E-state index is 11.5. The van der Waals surface area contributed by atoms with Gasteiger partial charge < -0.3 is 10.5 Å². The highest BCUT2D eigenvalue weighted by Crippen LogP contribution is 2.18. The third kappa shape index (κ3) is 9.36. The van der Waals surface area contributed by atoms with Crippen LogP contribution >= 0.6 is 0 Å². The van der Waals surface area contributed by atoms with E-state index in [4.69, 9.17) is 15.5 Å². The van der Waals surface area contributed by atoms with Gasteiger partial charge in [-0.05, 0) is 75.4 Å². The fourth-order valence-corrected chi connectivity index (χ4v) is 3.12. The van der Waals surface area contributed by atoms with Crippen LogP contribution in [0.1, 0.15) is 50.3 Å². The highest BCUT2D eigenvalue weighted by molar-refractivity contribution is 6.13. The number of esters is 1. The molecule has 2 aromatic carbocycles. The van der Waals surface area contributed by atoms with Crippen LogP contribution in [0.15, 0.2) is 75.8 Å². The van der Waals surface area contributed by atoms with E-state index in [2.05, 4.69) is 29.9 Å². The summed E-state index contributed by atoms with van der Waals surface area (Å²) < 4.78 is 4.91. The van der Waals surface area contributed by atoms with Gasteiger partial charge in [-0.25, -0.2) is 9.79 Å². The number of benzene rings is 2. The highest BCUT2D eigenvalue weighted by Gasteiger charge is 2.01. The Kier molecular flexibility index (Phi) is 11.2. The molecule has 0 bridgehead atoms. The van der Waals surface area contributed by atoms with Crippen molar-refractivity contribution in [1.29, 1.82) is 0 Å². The molecule has 0 aromatic heterocycles. The summed E-state index contributed by atoms with van der Waals surface area (Å²) in [4.78, 5) is 25.2. The van der Waals surface area contributed by atoms with E-state index in [9.17, 15) is 4.79 Å². The first kappa shape index (κ1) is 26.5. The third-order valence-corrected chi connectivity index (χ3v) is 4.95. The number of ether oxygens (including phenoxy) is 1. The SMILES string of the molecule is CCOC(=O)/C=C/c1cccc(/C(C=NC(C)=NCCCC(C)=Nc2ccccc2C)=C\N)c1. The first-order chi connectivity index (χ1) is 16.4. The Labute approximate surface area is 202 Å². The lowest BCUT2D eigenvalue weighted by Crippen LogP contribution is -1.99. The molecule has 2 N–H and O–H groups in total. The molecule has 0 atom stereocenters. The van der Waals surface area contributed by atoms with Gasteiger partial charge in [-0.2, -0.15) is 0 Å².